The molecule has 28 heavy (non-hydrogen) atoms. The quantitative estimate of drug-likeness (QED) is 0.700. The third kappa shape index (κ3) is 5.13. The van der Waals surface area contributed by atoms with Gasteiger partial charge in [-0.25, -0.2) is 18.4 Å². The van der Waals surface area contributed by atoms with E-state index in [0.29, 0.717) is 17.5 Å². The zero-order valence-corrected chi connectivity index (χ0v) is 16.4. The molecule has 0 aliphatic carbocycles. The van der Waals surface area contributed by atoms with Crippen LogP contribution in [0.1, 0.15) is 45.0 Å². The minimum atomic E-state index is -1.05. The van der Waals surface area contributed by atoms with Gasteiger partial charge in [0.1, 0.15) is 16.6 Å². The molecular weight excluding hydrogens is 392 g/mol. The molecule has 6 nitrogen and oxygen atoms in total. The Hall–Kier alpha value is -2.81. The molecule has 0 unspecified atom stereocenters. The van der Waals surface area contributed by atoms with E-state index in [4.69, 9.17) is 9.47 Å². The lowest BCUT2D eigenvalue weighted by Gasteiger charge is -2.08. The fraction of sp³-hybridized carbons (Fsp3) is 0.316. The first-order valence-corrected chi connectivity index (χ1v) is 9.30. The van der Waals surface area contributed by atoms with Crippen LogP contribution >= 0.6 is 11.3 Å². The summed E-state index contributed by atoms with van der Waals surface area (Å²) >= 11 is 1.21. The van der Waals surface area contributed by atoms with Crippen molar-refractivity contribution in [1.29, 1.82) is 0 Å². The van der Waals surface area contributed by atoms with Gasteiger partial charge >= 0.3 is 11.9 Å². The number of nitrogens with one attached hydrogen (secondary N) is 1. The summed E-state index contributed by atoms with van der Waals surface area (Å²) in [5.74, 6) is -4.16. The summed E-state index contributed by atoms with van der Waals surface area (Å²) in [5, 5.41) is 2.83. The van der Waals surface area contributed by atoms with Gasteiger partial charge in [0.2, 0.25) is 0 Å². The number of aryl methyl sites for hydroxylation is 1. The second kappa shape index (κ2) is 9.41. The summed E-state index contributed by atoms with van der Waals surface area (Å²) in [7, 11) is 0. The largest absolute Gasteiger partial charge is 0.462 e. The SMILES string of the molecule is CCOC(=O)c1c(NC(=O)COC(=O)c2cc(F)cc(F)c2)sc(C)c1CC. The van der Waals surface area contributed by atoms with E-state index >= 15 is 0 Å². The molecule has 0 bridgehead atoms. The van der Waals surface area contributed by atoms with Gasteiger partial charge in [-0.15, -0.1) is 11.3 Å². The summed E-state index contributed by atoms with van der Waals surface area (Å²) in [5.41, 5.74) is 0.697. The molecule has 1 N–H and O–H groups in total. The number of ether oxygens (including phenoxy) is 2. The van der Waals surface area contributed by atoms with Crippen LogP contribution in [0.15, 0.2) is 18.2 Å². The molecule has 1 aromatic heterocycles. The van der Waals surface area contributed by atoms with Crippen LogP contribution in [0.2, 0.25) is 0 Å². The number of hydrogen-bond donors (Lipinski definition) is 1. The highest BCUT2D eigenvalue weighted by molar-refractivity contribution is 7.16. The van der Waals surface area contributed by atoms with Gasteiger partial charge < -0.3 is 14.8 Å². The molecule has 2 aromatic rings. The highest BCUT2D eigenvalue weighted by Crippen LogP contribution is 2.34. The fourth-order valence-corrected chi connectivity index (χ4v) is 3.71. The van der Waals surface area contributed by atoms with Crippen molar-refractivity contribution in [2.75, 3.05) is 18.5 Å². The molecule has 150 valence electrons. The van der Waals surface area contributed by atoms with Gasteiger partial charge in [0.05, 0.1) is 17.7 Å². The third-order valence-electron chi connectivity index (χ3n) is 3.73. The van der Waals surface area contributed by atoms with E-state index in [1.165, 1.54) is 11.3 Å². The van der Waals surface area contributed by atoms with Crippen LogP contribution in [0.25, 0.3) is 0 Å². The molecule has 0 radical (unpaired) electrons. The Labute approximate surface area is 164 Å². The van der Waals surface area contributed by atoms with Crippen LogP contribution in [0, 0.1) is 18.6 Å². The minimum Gasteiger partial charge on any atom is -0.462 e. The topological polar surface area (TPSA) is 81.7 Å². The highest BCUT2D eigenvalue weighted by Gasteiger charge is 2.24. The van der Waals surface area contributed by atoms with E-state index in [9.17, 15) is 23.2 Å². The van der Waals surface area contributed by atoms with Gasteiger partial charge in [-0.1, -0.05) is 6.92 Å². The number of rotatable bonds is 7. The van der Waals surface area contributed by atoms with Gasteiger partial charge in [-0.05, 0) is 38.0 Å². The molecule has 0 spiro atoms. The number of carbonyl (C=O) groups excluding carboxylic acids is 3. The maximum Gasteiger partial charge on any atom is 0.341 e. The molecule has 2 rings (SSSR count). The number of thiophene rings is 1. The van der Waals surface area contributed by atoms with Crippen molar-refractivity contribution < 1.29 is 32.6 Å². The minimum absolute atomic E-state index is 0.187. The average Bonchev–Trinajstić information content (AvgIpc) is 2.93. The molecule has 1 heterocycles. The maximum atomic E-state index is 13.2. The first-order valence-electron chi connectivity index (χ1n) is 8.49. The average molecular weight is 411 g/mol. The molecule has 0 saturated heterocycles. The van der Waals surface area contributed by atoms with Crippen molar-refractivity contribution in [3.8, 4) is 0 Å². The van der Waals surface area contributed by atoms with Crippen molar-refractivity contribution in [3.05, 3.63) is 51.4 Å². The molecule has 1 amide bonds. The monoisotopic (exact) mass is 411 g/mol. The highest BCUT2D eigenvalue weighted by atomic mass is 32.1. The lowest BCUT2D eigenvalue weighted by Crippen LogP contribution is -2.22. The van der Waals surface area contributed by atoms with Gasteiger partial charge in [0, 0.05) is 10.9 Å². The van der Waals surface area contributed by atoms with Crippen LogP contribution in [-0.4, -0.2) is 31.1 Å². The Bertz CT molecular complexity index is 890. The summed E-state index contributed by atoms with van der Waals surface area (Å²) in [4.78, 5) is 37.1. The number of carbonyl (C=O) groups is 3. The third-order valence-corrected chi connectivity index (χ3v) is 4.79. The van der Waals surface area contributed by atoms with E-state index in [0.717, 1.165) is 22.6 Å². The van der Waals surface area contributed by atoms with E-state index < -0.39 is 36.1 Å². The molecule has 0 aliphatic rings. The van der Waals surface area contributed by atoms with Crippen molar-refractivity contribution in [1.82, 2.24) is 0 Å². The van der Waals surface area contributed by atoms with Gasteiger partial charge in [-0.3, -0.25) is 4.79 Å². The van der Waals surface area contributed by atoms with E-state index in [-0.39, 0.29) is 17.7 Å². The molecule has 0 atom stereocenters. The lowest BCUT2D eigenvalue weighted by atomic mass is 10.1. The zero-order valence-electron chi connectivity index (χ0n) is 15.6. The first-order chi connectivity index (χ1) is 13.3. The van der Waals surface area contributed by atoms with E-state index in [2.05, 4.69) is 5.32 Å². The number of amides is 1. The number of esters is 2. The van der Waals surface area contributed by atoms with Gasteiger partial charge in [0.15, 0.2) is 6.61 Å². The number of hydrogen-bond acceptors (Lipinski definition) is 6. The predicted molar refractivity (Wildman–Crippen MR) is 99.7 cm³/mol. The van der Waals surface area contributed by atoms with Crippen molar-refractivity contribution >= 4 is 34.2 Å². The standard InChI is InChI=1S/C19H19F2NO5S/c1-4-14-10(3)28-17(16(14)19(25)26-5-2)22-15(23)9-27-18(24)11-6-12(20)8-13(21)7-11/h6-8H,4-5,9H2,1-3H3,(H,22,23). The Balaban J connectivity index is 2.08. The number of halogens is 2. The first kappa shape index (κ1) is 21.5. The Morgan fingerprint density at radius 1 is 1.04 bits per heavy atom. The smallest absolute Gasteiger partial charge is 0.341 e. The van der Waals surface area contributed by atoms with Crippen molar-refractivity contribution in [3.63, 3.8) is 0 Å². The van der Waals surface area contributed by atoms with Crippen molar-refractivity contribution in [2.24, 2.45) is 0 Å². The maximum absolute atomic E-state index is 13.2. The van der Waals surface area contributed by atoms with Crippen LogP contribution in [0.3, 0.4) is 0 Å². The van der Waals surface area contributed by atoms with E-state index in [1.807, 2.05) is 13.8 Å². The summed E-state index contributed by atoms with van der Waals surface area (Å²) in [6, 6.07) is 2.22. The summed E-state index contributed by atoms with van der Waals surface area (Å²) in [6.45, 7) is 4.88. The van der Waals surface area contributed by atoms with Crippen LogP contribution in [-0.2, 0) is 20.7 Å². The second-order valence-corrected chi connectivity index (χ2v) is 6.92. The molecule has 9 heteroatoms. The fourth-order valence-electron chi connectivity index (χ4n) is 2.56. The van der Waals surface area contributed by atoms with Crippen LogP contribution in [0.4, 0.5) is 13.8 Å². The summed E-state index contributed by atoms with van der Waals surface area (Å²) in [6.07, 6.45) is 0.576. The number of benzene rings is 1. The Kier molecular flexibility index (Phi) is 7.22. The number of anilines is 1. The van der Waals surface area contributed by atoms with Crippen molar-refractivity contribution in [2.45, 2.75) is 27.2 Å². The lowest BCUT2D eigenvalue weighted by molar-refractivity contribution is -0.119. The Morgan fingerprint density at radius 2 is 1.68 bits per heavy atom. The molecule has 1 aromatic carbocycles. The van der Waals surface area contributed by atoms with E-state index in [1.54, 1.807) is 6.92 Å². The van der Waals surface area contributed by atoms with Crippen LogP contribution in [0.5, 0.6) is 0 Å². The normalized spacial score (nSPS) is 10.5. The predicted octanol–water partition coefficient (Wildman–Crippen LogP) is 3.87. The molecule has 0 aliphatic heterocycles. The molecular formula is C19H19F2NO5S. The second-order valence-electron chi connectivity index (χ2n) is 5.70. The molecule has 0 fully saturated rings. The van der Waals surface area contributed by atoms with Crippen LogP contribution < -0.4 is 5.32 Å². The summed E-state index contributed by atoms with van der Waals surface area (Å²) < 4.78 is 36.2. The van der Waals surface area contributed by atoms with Gasteiger partial charge in [-0.2, -0.15) is 0 Å². The Morgan fingerprint density at radius 3 is 2.25 bits per heavy atom. The zero-order chi connectivity index (χ0) is 20.8. The van der Waals surface area contributed by atoms with Gasteiger partial charge in [0.25, 0.3) is 5.91 Å². The molecule has 0 saturated carbocycles.